The first-order valence-corrected chi connectivity index (χ1v) is 5.66. The summed E-state index contributed by atoms with van der Waals surface area (Å²) in [7, 11) is 0. The fourth-order valence-electron chi connectivity index (χ4n) is 0.689. The minimum absolute atomic E-state index is 0.594. The molecule has 0 saturated heterocycles. The highest BCUT2D eigenvalue weighted by atomic mass is 127. The molecule has 0 radical (unpaired) electrons. The van der Waals surface area contributed by atoms with Crippen molar-refractivity contribution in [3.05, 3.63) is 27.8 Å². The quantitative estimate of drug-likeness (QED) is 0.491. The summed E-state index contributed by atoms with van der Waals surface area (Å²) in [4.78, 5) is 4.17. The minimum Gasteiger partial charge on any atom is -0.378 e. The average Bonchev–Trinajstić information content (AvgIpc) is 2.09. The molecule has 12 heavy (non-hydrogen) atoms. The summed E-state index contributed by atoms with van der Waals surface area (Å²) in [6.07, 6.45) is 1.91. The Balaban J connectivity index is 2.84. The Kier molecular flexibility index (Phi) is 3.87. The molecule has 4 heteroatoms. The Morgan fingerprint density at radius 2 is 2.00 bits per heavy atom. The van der Waals surface area contributed by atoms with Gasteiger partial charge in [-0.3, -0.25) is 0 Å². The van der Waals surface area contributed by atoms with Gasteiger partial charge in [0.1, 0.15) is 0 Å². The molecular weight excluding hydrogens is 283 g/mol. The zero-order valence-electron chi connectivity index (χ0n) is 6.62. The van der Waals surface area contributed by atoms with Gasteiger partial charge in [-0.15, -0.1) is 0 Å². The molecule has 0 aliphatic carbocycles. The maximum atomic E-state index is 5.55. The summed E-state index contributed by atoms with van der Waals surface area (Å²) in [6, 6.07) is 7.91. The summed E-state index contributed by atoms with van der Waals surface area (Å²) >= 11 is 3.70. The van der Waals surface area contributed by atoms with E-state index in [1.807, 2.05) is 30.5 Å². The van der Waals surface area contributed by atoms with Gasteiger partial charge in [0, 0.05) is 3.57 Å². The summed E-state index contributed by atoms with van der Waals surface area (Å²) in [5.74, 6) is 0. The molecule has 64 valence electrons. The SMILES string of the molecule is CSC(N)=Nc1ccc(I)cc1. The van der Waals surface area contributed by atoms with Crippen molar-refractivity contribution in [2.45, 2.75) is 0 Å². The van der Waals surface area contributed by atoms with Crippen LogP contribution in [0.3, 0.4) is 0 Å². The van der Waals surface area contributed by atoms with Crippen molar-refractivity contribution in [1.29, 1.82) is 0 Å². The molecule has 2 nitrogen and oxygen atoms in total. The lowest BCUT2D eigenvalue weighted by atomic mass is 10.3. The minimum atomic E-state index is 0.594. The van der Waals surface area contributed by atoms with E-state index in [9.17, 15) is 0 Å². The van der Waals surface area contributed by atoms with Crippen molar-refractivity contribution >= 4 is 45.2 Å². The van der Waals surface area contributed by atoms with E-state index in [4.69, 9.17) is 5.73 Å². The topological polar surface area (TPSA) is 38.4 Å². The van der Waals surface area contributed by atoms with Gasteiger partial charge in [0.05, 0.1) is 5.69 Å². The van der Waals surface area contributed by atoms with Crippen LogP contribution < -0.4 is 5.73 Å². The highest BCUT2D eigenvalue weighted by Gasteiger charge is 1.91. The predicted octanol–water partition coefficient (Wildman–Crippen LogP) is 2.60. The average molecular weight is 292 g/mol. The largest absolute Gasteiger partial charge is 0.378 e. The van der Waals surface area contributed by atoms with Crippen LogP contribution in [0.2, 0.25) is 0 Å². The summed E-state index contributed by atoms with van der Waals surface area (Å²) in [6.45, 7) is 0. The number of halogens is 1. The van der Waals surface area contributed by atoms with Crippen molar-refractivity contribution in [2.75, 3.05) is 6.26 Å². The molecule has 2 N–H and O–H groups in total. The van der Waals surface area contributed by atoms with Gasteiger partial charge >= 0.3 is 0 Å². The highest BCUT2D eigenvalue weighted by Crippen LogP contribution is 2.15. The predicted molar refractivity (Wildman–Crippen MR) is 64.0 cm³/mol. The standard InChI is InChI=1S/C8H9IN2S/c1-12-8(10)11-7-4-2-6(9)3-5-7/h2-5H,1H3,(H2,10,11). The van der Waals surface area contributed by atoms with E-state index in [0.717, 1.165) is 5.69 Å². The third-order valence-corrected chi connectivity index (χ3v) is 2.50. The molecule has 0 fully saturated rings. The number of amidine groups is 1. The molecule has 0 amide bonds. The van der Waals surface area contributed by atoms with Gasteiger partial charge in [0.15, 0.2) is 5.17 Å². The van der Waals surface area contributed by atoms with Crippen molar-refractivity contribution in [3.8, 4) is 0 Å². The van der Waals surface area contributed by atoms with Crippen molar-refractivity contribution in [2.24, 2.45) is 10.7 Å². The maximum absolute atomic E-state index is 5.55. The number of hydrogen-bond acceptors (Lipinski definition) is 2. The van der Waals surface area contributed by atoms with Crippen molar-refractivity contribution < 1.29 is 0 Å². The second-order valence-electron chi connectivity index (χ2n) is 2.13. The number of rotatable bonds is 1. The number of nitrogens with zero attached hydrogens (tertiary/aromatic N) is 1. The van der Waals surface area contributed by atoms with Crippen LogP contribution in [0, 0.1) is 3.57 Å². The summed E-state index contributed by atoms with van der Waals surface area (Å²) < 4.78 is 1.20. The fourth-order valence-corrected chi connectivity index (χ4v) is 1.24. The Labute approximate surface area is 89.8 Å². The van der Waals surface area contributed by atoms with E-state index in [0.29, 0.717) is 5.17 Å². The first-order valence-electron chi connectivity index (χ1n) is 3.36. The van der Waals surface area contributed by atoms with E-state index < -0.39 is 0 Å². The molecule has 1 aromatic rings. The second kappa shape index (κ2) is 4.71. The van der Waals surface area contributed by atoms with Crippen LogP contribution in [0.25, 0.3) is 0 Å². The molecule has 0 aliphatic heterocycles. The Bertz CT molecular complexity index is 282. The van der Waals surface area contributed by atoms with Gasteiger partial charge in [0.2, 0.25) is 0 Å². The normalized spacial score (nSPS) is 11.7. The molecule has 0 saturated carbocycles. The lowest BCUT2D eigenvalue weighted by molar-refractivity contribution is 1.49. The number of benzene rings is 1. The fraction of sp³-hybridized carbons (Fsp3) is 0.125. The van der Waals surface area contributed by atoms with Gasteiger partial charge < -0.3 is 5.73 Å². The molecule has 0 atom stereocenters. The Morgan fingerprint density at radius 1 is 1.42 bits per heavy atom. The van der Waals surface area contributed by atoms with Gasteiger partial charge in [-0.1, -0.05) is 11.8 Å². The Morgan fingerprint density at radius 3 is 2.50 bits per heavy atom. The number of hydrogen-bond donors (Lipinski definition) is 1. The van der Waals surface area contributed by atoms with Gasteiger partial charge in [-0.2, -0.15) is 0 Å². The second-order valence-corrected chi connectivity index (χ2v) is 4.20. The van der Waals surface area contributed by atoms with Crippen LogP contribution in [-0.4, -0.2) is 11.4 Å². The first-order chi connectivity index (χ1) is 5.72. The van der Waals surface area contributed by atoms with Crippen LogP contribution in [0.5, 0.6) is 0 Å². The van der Waals surface area contributed by atoms with E-state index in [2.05, 4.69) is 27.6 Å². The molecule has 0 unspecified atom stereocenters. The van der Waals surface area contributed by atoms with Crippen molar-refractivity contribution in [3.63, 3.8) is 0 Å². The third kappa shape index (κ3) is 3.02. The maximum Gasteiger partial charge on any atom is 0.158 e. The van der Waals surface area contributed by atoms with Crippen LogP contribution in [0.15, 0.2) is 29.3 Å². The molecule has 0 heterocycles. The summed E-state index contributed by atoms with van der Waals surface area (Å²) in [5.41, 5.74) is 6.46. The molecule has 0 spiro atoms. The van der Waals surface area contributed by atoms with Crippen LogP contribution >= 0.6 is 34.4 Å². The van der Waals surface area contributed by atoms with Gasteiger partial charge in [0.25, 0.3) is 0 Å². The van der Waals surface area contributed by atoms with Crippen LogP contribution in [-0.2, 0) is 0 Å². The van der Waals surface area contributed by atoms with Gasteiger partial charge in [-0.25, -0.2) is 4.99 Å². The highest BCUT2D eigenvalue weighted by molar-refractivity contribution is 14.1. The molecule has 0 aliphatic rings. The third-order valence-electron chi connectivity index (χ3n) is 1.28. The lowest BCUT2D eigenvalue weighted by Crippen LogP contribution is -2.03. The summed E-state index contributed by atoms with van der Waals surface area (Å²) in [5, 5.41) is 0.594. The number of thioether (sulfide) groups is 1. The molecule has 1 rings (SSSR count). The van der Waals surface area contributed by atoms with E-state index in [-0.39, 0.29) is 0 Å². The molecule has 0 aromatic heterocycles. The zero-order chi connectivity index (χ0) is 8.97. The van der Waals surface area contributed by atoms with E-state index in [1.54, 1.807) is 0 Å². The van der Waals surface area contributed by atoms with E-state index >= 15 is 0 Å². The van der Waals surface area contributed by atoms with Gasteiger partial charge in [-0.05, 0) is 53.1 Å². The number of aliphatic imine (C=N–C) groups is 1. The van der Waals surface area contributed by atoms with Crippen LogP contribution in [0.4, 0.5) is 5.69 Å². The van der Waals surface area contributed by atoms with Crippen LogP contribution in [0.1, 0.15) is 0 Å². The molecule has 1 aromatic carbocycles. The molecule has 0 bridgehead atoms. The van der Waals surface area contributed by atoms with E-state index in [1.165, 1.54) is 15.3 Å². The lowest BCUT2D eigenvalue weighted by Gasteiger charge is -1.95. The zero-order valence-corrected chi connectivity index (χ0v) is 9.59. The van der Waals surface area contributed by atoms with Crippen molar-refractivity contribution in [1.82, 2.24) is 0 Å². The Hall–Kier alpha value is -0.230. The molecular formula is C8H9IN2S. The first kappa shape index (κ1) is 9.85. The monoisotopic (exact) mass is 292 g/mol. The smallest absolute Gasteiger partial charge is 0.158 e. The number of nitrogens with two attached hydrogens (primary N) is 1.